The lowest BCUT2D eigenvalue weighted by molar-refractivity contribution is 0.0702. The third-order valence-corrected chi connectivity index (χ3v) is 4.23. The second-order valence-corrected chi connectivity index (χ2v) is 5.92. The van der Waals surface area contributed by atoms with Crippen LogP contribution in [0.4, 0.5) is 0 Å². The largest absolute Gasteiger partial charge is 0.481 e. The van der Waals surface area contributed by atoms with Gasteiger partial charge in [-0.15, -0.1) is 11.3 Å². The number of rotatable bonds is 5. The fraction of sp³-hybridized carbons (Fsp3) is 0.267. The van der Waals surface area contributed by atoms with Crippen LogP contribution in [0.15, 0.2) is 18.2 Å². The lowest BCUT2D eigenvalue weighted by Crippen LogP contribution is -2.23. The number of amides is 1. The van der Waals surface area contributed by atoms with E-state index in [1.54, 1.807) is 20.1 Å². The summed E-state index contributed by atoms with van der Waals surface area (Å²) >= 11 is 1.09. The highest BCUT2D eigenvalue weighted by Crippen LogP contribution is 2.21. The molecule has 0 aliphatic carbocycles. The van der Waals surface area contributed by atoms with Crippen LogP contribution >= 0.6 is 11.3 Å². The third kappa shape index (κ3) is 3.43. The van der Waals surface area contributed by atoms with Gasteiger partial charge in [-0.2, -0.15) is 0 Å². The van der Waals surface area contributed by atoms with Crippen LogP contribution < -0.4 is 10.1 Å². The van der Waals surface area contributed by atoms with Crippen molar-refractivity contribution >= 4 is 23.2 Å². The highest BCUT2D eigenvalue weighted by molar-refractivity contribution is 7.14. The van der Waals surface area contributed by atoms with Crippen molar-refractivity contribution < 1.29 is 19.4 Å². The molecule has 2 N–H and O–H groups in total. The molecular formula is C15H16N2O4S. The normalized spacial score (nSPS) is 10.3. The van der Waals surface area contributed by atoms with Gasteiger partial charge in [-0.1, -0.05) is 6.07 Å². The van der Waals surface area contributed by atoms with Crippen LogP contribution in [-0.2, 0) is 6.54 Å². The molecule has 2 aromatic rings. The lowest BCUT2D eigenvalue weighted by atomic mass is 10.2. The van der Waals surface area contributed by atoms with Crippen molar-refractivity contribution in [3.63, 3.8) is 0 Å². The van der Waals surface area contributed by atoms with E-state index in [1.807, 2.05) is 13.0 Å². The van der Waals surface area contributed by atoms with Gasteiger partial charge in [-0.3, -0.25) is 4.79 Å². The molecule has 2 heterocycles. The average Bonchev–Trinajstić information content (AvgIpc) is 2.88. The van der Waals surface area contributed by atoms with E-state index in [0.29, 0.717) is 22.9 Å². The number of hydrogen-bond donors (Lipinski definition) is 2. The molecule has 0 atom stereocenters. The summed E-state index contributed by atoms with van der Waals surface area (Å²) in [7, 11) is 1.54. The maximum Gasteiger partial charge on any atom is 0.345 e. The Morgan fingerprint density at radius 3 is 2.64 bits per heavy atom. The number of ether oxygens (including phenoxy) is 1. The molecule has 2 aromatic heterocycles. The maximum absolute atomic E-state index is 12.2. The fourth-order valence-corrected chi connectivity index (χ4v) is 2.81. The Labute approximate surface area is 131 Å². The molecule has 6 nitrogen and oxygen atoms in total. The van der Waals surface area contributed by atoms with Crippen molar-refractivity contribution in [2.24, 2.45) is 0 Å². The van der Waals surface area contributed by atoms with E-state index in [2.05, 4.69) is 10.3 Å². The predicted octanol–water partition coefficient (Wildman–Crippen LogP) is 2.40. The topological polar surface area (TPSA) is 88.5 Å². The maximum atomic E-state index is 12.2. The molecule has 0 bridgehead atoms. The Morgan fingerprint density at radius 2 is 2.09 bits per heavy atom. The summed E-state index contributed by atoms with van der Waals surface area (Å²) in [5, 5.41) is 11.7. The van der Waals surface area contributed by atoms with Gasteiger partial charge in [0.1, 0.15) is 4.88 Å². The Balaban J connectivity index is 2.08. The van der Waals surface area contributed by atoms with Crippen molar-refractivity contribution in [1.29, 1.82) is 0 Å². The molecule has 116 valence electrons. The molecule has 22 heavy (non-hydrogen) atoms. The van der Waals surface area contributed by atoms with Gasteiger partial charge in [-0.25, -0.2) is 9.78 Å². The van der Waals surface area contributed by atoms with E-state index in [9.17, 15) is 9.59 Å². The molecule has 7 heteroatoms. The molecule has 2 rings (SSSR count). The number of nitrogens with one attached hydrogen (secondary N) is 1. The Morgan fingerprint density at radius 1 is 1.36 bits per heavy atom. The van der Waals surface area contributed by atoms with Gasteiger partial charge in [0.05, 0.1) is 12.7 Å². The molecule has 0 spiro atoms. The smallest absolute Gasteiger partial charge is 0.345 e. The SMILES string of the molecule is COc1ccc(CNC(=O)c2cc(C(=O)O)sc2C)c(C)n1. The van der Waals surface area contributed by atoms with Crippen molar-refractivity contribution in [2.75, 3.05) is 7.11 Å². The minimum Gasteiger partial charge on any atom is -0.481 e. The third-order valence-electron chi connectivity index (χ3n) is 3.19. The first-order valence-corrected chi connectivity index (χ1v) is 7.36. The van der Waals surface area contributed by atoms with E-state index >= 15 is 0 Å². The van der Waals surface area contributed by atoms with Crippen LogP contribution in [-0.4, -0.2) is 29.1 Å². The molecule has 0 aromatic carbocycles. The van der Waals surface area contributed by atoms with Gasteiger partial charge in [0, 0.05) is 23.2 Å². The number of carboxylic acids is 1. The van der Waals surface area contributed by atoms with Crippen molar-refractivity contribution in [3.05, 3.63) is 44.8 Å². The van der Waals surface area contributed by atoms with Crippen LogP contribution in [0, 0.1) is 13.8 Å². The van der Waals surface area contributed by atoms with Gasteiger partial charge in [0.15, 0.2) is 0 Å². The molecule has 0 radical (unpaired) electrons. The highest BCUT2D eigenvalue weighted by atomic mass is 32.1. The summed E-state index contributed by atoms with van der Waals surface area (Å²) in [6.45, 7) is 3.88. The quantitative estimate of drug-likeness (QED) is 0.883. The van der Waals surface area contributed by atoms with E-state index in [0.717, 1.165) is 22.6 Å². The number of carboxylic acid groups (broad SMARTS) is 1. The van der Waals surface area contributed by atoms with Gasteiger partial charge < -0.3 is 15.2 Å². The summed E-state index contributed by atoms with van der Waals surface area (Å²) in [6, 6.07) is 4.97. The van der Waals surface area contributed by atoms with Gasteiger partial charge in [0.25, 0.3) is 5.91 Å². The Kier molecular flexibility index (Phi) is 4.77. The van der Waals surface area contributed by atoms with Crippen LogP contribution in [0.25, 0.3) is 0 Å². The summed E-state index contributed by atoms with van der Waals surface area (Å²) in [4.78, 5) is 28.2. The number of nitrogens with zero attached hydrogens (tertiary/aromatic N) is 1. The summed E-state index contributed by atoms with van der Waals surface area (Å²) in [5.74, 6) is -0.800. The molecule has 0 aliphatic heterocycles. The number of methoxy groups -OCH3 is 1. The number of hydrogen-bond acceptors (Lipinski definition) is 5. The van der Waals surface area contributed by atoms with E-state index in [4.69, 9.17) is 9.84 Å². The second-order valence-electron chi connectivity index (χ2n) is 4.67. The number of carbonyl (C=O) groups is 2. The molecule has 0 aliphatic rings. The van der Waals surface area contributed by atoms with Crippen LogP contribution in [0.5, 0.6) is 5.88 Å². The molecule has 0 fully saturated rings. The zero-order valence-corrected chi connectivity index (χ0v) is 13.3. The van der Waals surface area contributed by atoms with Gasteiger partial charge in [-0.05, 0) is 25.5 Å². The van der Waals surface area contributed by atoms with Crippen molar-refractivity contribution in [1.82, 2.24) is 10.3 Å². The second kappa shape index (κ2) is 6.57. The highest BCUT2D eigenvalue weighted by Gasteiger charge is 2.16. The average molecular weight is 320 g/mol. The monoisotopic (exact) mass is 320 g/mol. The summed E-state index contributed by atoms with van der Waals surface area (Å²) in [6.07, 6.45) is 0. The first kappa shape index (κ1) is 16.0. The van der Waals surface area contributed by atoms with Crippen LogP contribution in [0.1, 0.15) is 36.2 Å². The Bertz CT molecular complexity index is 724. The minimum absolute atomic E-state index is 0.157. The standard InChI is InChI=1S/C15H16N2O4S/c1-8-10(4-5-13(17-8)21-3)7-16-14(18)11-6-12(15(19)20)22-9(11)2/h4-6H,7H2,1-3H3,(H,16,18)(H,19,20). The number of aromatic nitrogens is 1. The van der Waals surface area contributed by atoms with E-state index in [1.165, 1.54) is 6.07 Å². The van der Waals surface area contributed by atoms with Crippen molar-refractivity contribution in [3.8, 4) is 5.88 Å². The first-order valence-electron chi connectivity index (χ1n) is 6.54. The number of carbonyl (C=O) groups excluding carboxylic acids is 1. The summed E-state index contributed by atoms with van der Waals surface area (Å²) in [5.41, 5.74) is 2.04. The van der Waals surface area contributed by atoms with E-state index in [-0.39, 0.29) is 10.8 Å². The predicted molar refractivity (Wildman–Crippen MR) is 82.7 cm³/mol. The molecule has 0 saturated heterocycles. The zero-order valence-electron chi connectivity index (χ0n) is 12.5. The Hall–Kier alpha value is -2.41. The van der Waals surface area contributed by atoms with Gasteiger partial charge >= 0.3 is 5.97 Å². The number of thiophene rings is 1. The fourth-order valence-electron chi connectivity index (χ4n) is 1.95. The zero-order chi connectivity index (χ0) is 16.3. The minimum atomic E-state index is -1.03. The number of aryl methyl sites for hydroxylation is 2. The van der Waals surface area contributed by atoms with E-state index < -0.39 is 5.97 Å². The lowest BCUT2D eigenvalue weighted by Gasteiger charge is -2.08. The number of aromatic carboxylic acids is 1. The summed E-state index contributed by atoms with van der Waals surface area (Å²) < 4.78 is 5.03. The first-order chi connectivity index (χ1) is 10.4. The van der Waals surface area contributed by atoms with Crippen molar-refractivity contribution in [2.45, 2.75) is 20.4 Å². The number of pyridine rings is 1. The van der Waals surface area contributed by atoms with Gasteiger partial charge in [0.2, 0.25) is 5.88 Å². The van der Waals surface area contributed by atoms with Crippen LogP contribution in [0.3, 0.4) is 0 Å². The van der Waals surface area contributed by atoms with Crippen LogP contribution in [0.2, 0.25) is 0 Å². The molecule has 1 amide bonds. The molecule has 0 unspecified atom stereocenters. The molecular weight excluding hydrogens is 304 g/mol. The molecule has 0 saturated carbocycles.